The van der Waals surface area contributed by atoms with Crippen molar-refractivity contribution >= 4 is 31.5 Å². The van der Waals surface area contributed by atoms with Crippen molar-refractivity contribution in [2.75, 3.05) is 0 Å². The summed E-state index contributed by atoms with van der Waals surface area (Å²) < 4.78 is 2.63. The summed E-state index contributed by atoms with van der Waals surface area (Å²) in [5.74, 6) is 0.289. The lowest BCUT2D eigenvalue weighted by Crippen LogP contribution is -2.28. The van der Waals surface area contributed by atoms with Crippen LogP contribution in [-0.4, -0.2) is 0 Å². The van der Waals surface area contributed by atoms with Gasteiger partial charge in [0, 0.05) is 20.2 Å². The second-order valence-electron chi connectivity index (χ2n) is 10.0. The molecule has 4 aromatic rings. The highest BCUT2D eigenvalue weighted by Crippen LogP contribution is 2.59. The van der Waals surface area contributed by atoms with Gasteiger partial charge in [-0.25, -0.2) is 0 Å². The number of rotatable bonds is 0. The summed E-state index contributed by atoms with van der Waals surface area (Å²) in [4.78, 5) is 0. The van der Waals surface area contributed by atoms with E-state index in [1.807, 2.05) is 11.3 Å². The Morgan fingerprint density at radius 2 is 1.51 bits per heavy atom. The molecule has 1 heteroatoms. The summed E-state index contributed by atoms with van der Waals surface area (Å²) in [6, 6.07) is 22.2. The number of fused-ring (bicyclic) bond motifs is 9. The topological polar surface area (TPSA) is 0 Å². The fraction of sp³-hybridized carbons (Fsp3) is 0.111. The number of hydrogen-bond acceptors (Lipinski definition) is 1. The van der Waals surface area contributed by atoms with Crippen molar-refractivity contribution < 1.29 is 0 Å². The minimum atomic E-state index is -0.547. The van der Waals surface area contributed by atoms with Gasteiger partial charge in [-0.15, -0.1) is 11.3 Å². The average Bonchev–Trinajstić information content (AvgIpc) is 3.43. The van der Waals surface area contributed by atoms with Crippen molar-refractivity contribution in [2.24, 2.45) is 5.92 Å². The summed E-state index contributed by atoms with van der Waals surface area (Å²) >= 11 is 1.86. The van der Waals surface area contributed by atoms with Crippen molar-refractivity contribution in [2.45, 2.75) is 18.8 Å². The van der Waals surface area contributed by atoms with Gasteiger partial charge < -0.3 is 0 Å². The molecule has 0 saturated carbocycles. The van der Waals surface area contributed by atoms with Crippen molar-refractivity contribution in [1.29, 1.82) is 0 Å². The standard InChI is InChI=1S/C36H30S/c1-24-12-5-6-15-26(3)36(27(4)21-20-25(2)14-11-13-24)30-18-9-7-16-28(30)34-31(36)22-23-33-35(34)29-17-8-10-19-32(29)37-33/h5-12,14-23,25H,1,3-4,13H2,2H3/b12-5-,14-11-,15-6-,21-20-. The van der Waals surface area contributed by atoms with Crippen LogP contribution in [0.3, 0.4) is 0 Å². The Morgan fingerprint density at radius 3 is 2.41 bits per heavy atom. The molecule has 0 saturated heterocycles. The molecule has 6 rings (SSSR count). The van der Waals surface area contributed by atoms with Crippen molar-refractivity contribution in [3.05, 3.63) is 157 Å². The lowest BCUT2D eigenvalue weighted by molar-refractivity contribution is 0.769. The maximum Gasteiger partial charge on any atom is 0.0702 e. The number of thiophene rings is 1. The molecule has 0 amide bonds. The zero-order chi connectivity index (χ0) is 25.6. The summed E-state index contributed by atoms with van der Waals surface area (Å²) in [6.07, 6.45) is 18.1. The molecule has 2 aliphatic rings. The van der Waals surface area contributed by atoms with Crippen LogP contribution in [0.15, 0.2) is 146 Å². The molecule has 0 fully saturated rings. The number of benzene rings is 3. The Balaban J connectivity index is 1.68. The van der Waals surface area contributed by atoms with Crippen LogP contribution < -0.4 is 0 Å². The third kappa shape index (κ3) is 3.65. The van der Waals surface area contributed by atoms with Gasteiger partial charge in [0.2, 0.25) is 0 Å². The lowest BCUT2D eigenvalue weighted by atomic mass is 9.67. The summed E-state index contributed by atoms with van der Waals surface area (Å²) in [5, 5.41) is 2.65. The predicted molar refractivity (Wildman–Crippen MR) is 163 cm³/mol. The molecule has 2 aliphatic carbocycles. The first kappa shape index (κ1) is 23.5. The van der Waals surface area contributed by atoms with E-state index in [4.69, 9.17) is 6.58 Å². The molecule has 1 aromatic heterocycles. The van der Waals surface area contributed by atoms with E-state index in [0.717, 1.165) is 23.1 Å². The lowest BCUT2D eigenvalue weighted by Gasteiger charge is -2.34. The molecule has 2 unspecified atom stereocenters. The Labute approximate surface area is 223 Å². The van der Waals surface area contributed by atoms with E-state index in [1.54, 1.807) is 0 Å². The van der Waals surface area contributed by atoms with E-state index in [9.17, 15) is 0 Å². The second kappa shape index (κ2) is 9.18. The zero-order valence-corrected chi connectivity index (χ0v) is 22.0. The summed E-state index contributed by atoms with van der Waals surface area (Å²) in [7, 11) is 0. The second-order valence-corrected chi connectivity index (χ2v) is 11.1. The van der Waals surface area contributed by atoms with Gasteiger partial charge in [-0.05, 0) is 57.9 Å². The third-order valence-corrected chi connectivity index (χ3v) is 8.81. The van der Waals surface area contributed by atoms with Crippen LogP contribution in [0.25, 0.3) is 31.3 Å². The minimum Gasteiger partial charge on any atom is -0.135 e. The molecular weight excluding hydrogens is 464 g/mol. The normalized spacial score (nSPS) is 25.1. The molecule has 3 aromatic carbocycles. The fourth-order valence-corrected chi connectivity index (χ4v) is 7.04. The maximum atomic E-state index is 4.71. The molecule has 180 valence electrons. The number of allylic oxidation sites excluding steroid dienone is 11. The maximum absolute atomic E-state index is 4.71. The molecule has 0 radical (unpaired) electrons. The molecule has 0 nitrogen and oxygen atoms in total. The first-order chi connectivity index (χ1) is 18.0. The quantitative estimate of drug-likeness (QED) is 0.213. The van der Waals surface area contributed by atoms with Crippen LogP contribution in [0.4, 0.5) is 0 Å². The average molecular weight is 495 g/mol. The van der Waals surface area contributed by atoms with Gasteiger partial charge in [0.05, 0.1) is 5.41 Å². The molecule has 37 heavy (non-hydrogen) atoms. The van der Waals surface area contributed by atoms with Gasteiger partial charge in [0.25, 0.3) is 0 Å². The summed E-state index contributed by atoms with van der Waals surface area (Å²) in [5.41, 5.74) is 7.69. The Morgan fingerprint density at radius 1 is 0.757 bits per heavy atom. The molecule has 1 spiro atoms. The van der Waals surface area contributed by atoms with E-state index in [-0.39, 0.29) is 5.92 Å². The van der Waals surface area contributed by atoms with Gasteiger partial charge in [0.15, 0.2) is 0 Å². The Kier molecular flexibility index (Phi) is 5.82. The molecule has 1 heterocycles. The van der Waals surface area contributed by atoms with Crippen LogP contribution in [0, 0.1) is 5.92 Å². The van der Waals surface area contributed by atoms with Gasteiger partial charge >= 0.3 is 0 Å². The van der Waals surface area contributed by atoms with Crippen LogP contribution in [0.2, 0.25) is 0 Å². The highest BCUT2D eigenvalue weighted by Gasteiger charge is 2.46. The third-order valence-electron chi connectivity index (χ3n) is 7.67. The predicted octanol–water partition coefficient (Wildman–Crippen LogP) is 10.3. The Hall–Kier alpha value is -3.94. The zero-order valence-electron chi connectivity index (χ0n) is 21.2. The molecule has 2 atom stereocenters. The van der Waals surface area contributed by atoms with Gasteiger partial charge in [-0.1, -0.05) is 129 Å². The Bertz CT molecular complexity index is 1710. The smallest absolute Gasteiger partial charge is 0.0702 e. The highest BCUT2D eigenvalue weighted by molar-refractivity contribution is 7.25. The minimum absolute atomic E-state index is 0.289. The first-order valence-electron chi connectivity index (χ1n) is 12.8. The van der Waals surface area contributed by atoms with Crippen LogP contribution in [-0.2, 0) is 5.41 Å². The van der Waals surface area contributed by atoms with Crippen LogP contribution >= 0.6 is 11.3 Å². The molecule has 0 bridgehead atoms. The number of hydrogen-bond donors (Lipinski definition) is 0. The molecule has 0 N–H and O–H groups in total. The van der Waals surface area contributed by atoms with Gasteiger partial charge in [0.1, 0.15) is 0 Å². The van der Waals surface area contributed by atoms with Crippen LogP contribution in [0.1, 0.15) is 24.5 Å². The van der Waals surface area contributed by atoms with E-state index in [1.165, 1.54) is 42.4 Å². The summed E-state index contributed by atoms with van der Waals surface area (Å²) in [6.45, 7) is 15.8. The van der Waals surface area contributed by atoms with E-state index in [2.05, 4.69) is 129 Å². The molecule has 0 aliphatic heterocycles. The van der Waals surface area contributed by atoms with Gasteiger partial charge in [-0.3, -0.25) is 0 Å². The van der Waals surface area contributed by atoms with Crippen molar-refractivity contribution in [3.63, 3.8) is 0 Å². The largest absolute Gasteiger partial charge is 0.135 e. The van der Waals surface area contributed by atoms with E-state index in [0.29, 0.717) is 0 Å². The fourth-order valence-electron chi connectivity index (χ4n) is 5.93. The van der Waals surface area contributed by atoms with Crippen LogP contribution in [0.5, 0.6) is 0 Å². The monoisotopic (exact) mass is 494 g/mol. The highest BCUT2D eigenvalue weighted by atomic mass is 32.1. The van der Waals surface area contributed by atoms with E-state index < -0.39 is 5.41 Å². The first-order valence-corrected chi connectivity index (χ1v) is 13.6. The van der Waals surface area contributed by atoms with Crippen molar-refractivity contribution in [3.8, 4) is 11.1 Å². The van der Waals surface area contributed by atoms with E-state index >= 15 is 0 Å². The SMILES string of the molecule is C=C1/C=C\C=C/C(=C)C2(C(=C)/C=C\C(C)/C=C\C1)c1ccccc1-c1c2ccc2sc3ccccc3c12. The van der Waals surface area contributed by atoms with Gasteiger partial charge in [-0.2, -0.15) is 0 Å². The molecular formula is C36H30S. The van der Waals surface area contributed by atoms with Crippen molar-refractivity contribution in [1.82, 2.24) is 0 Å².